The molecule has 4 rings (SSSR count). The van der Waals surface area contributed by atoms with E-state index in [2.05, 4.69) is 38.1 Å². The standard InChI is InChI=1S/C24H30O6/c1-13(2)16-6-4-15(5-7-16)9-17-10-19-18(8-14(17)3)12-29-24(19)23(28)22(27)21(26)20(11-25)30-24/h4-8,10,13,20-23,25-28H,9,11-12H2,1-3H3/t20-,21-,22+,23-,24+/m1/s1. The van der Waals surface area contributed by atoms with Gasteiger partial charge in [0.25, 0.3) is 0 Å². The summed E-state index contributed by atoms with van der Waals surface area (Å²) < 4.78 is 11.7. The Labute approximate surface area is 176 Å². The van der Waals surface area contributed by atoms with Crippen LogP contribution in [0.15, 0.2) is 36.4 Å². The molecule has 1 fully saturated rings. The zero-order valence-corrected chi connectivity index (χ0v) is 17.6. The van der Waals surface area contributed by atoms with E-state index in [0.29, 0.717) is 17.9 Å². The van der Waals surface area contributed by atoms with Gasteiger partial charge in [0.15, 0.2) is 0 Å². The Morgan fingerprint density at radius 2 is 1.77 bits per heavy atom. The van der Waals surface area contributed by atoms with Gasteiger partial charge < -0.3 is 29.9 Å². The molecular formula is C24H30O6. The van der Waals surface area contributed by atoms with Crippen LogP contribution in [0, 0.1) is 6.92 Å². The van der Waals surface area contributed by atoms with Crippen molar-refractivity contribution in [1.29, 1.82) is 0 Å². The molecule has 0 amide bonds. The summed E-state index contributed by atoms with van der Waals surface area (Å²) in [5.41, 5.74) is 6.13. The van der Waals surface area contributed by atoms with E-state index in [1.165, 1.54) is 11.1 Å². The lowest BCUT2D eigenvalue weighted by Gasteiger charge is -2.46. The second-order valence-corrected chi connectivity index (χ2v) is 8.73. The van der Waals surface area contributed by atoms with Crippen LogP contribution in [0.1, 0.15) is 53.1 Å². The van der Waals surface area contributed by atoms with Gasteiger partial charge in [-0.15, -0.1) is 0 Å². The Kier molecular flexibility index (Phi) is 5.74. The molecule has 6 heteroatoms. The molecule has 2 aliphatic heterocycles. The summed E-state index contributed by atoms with van der Waals surface area (Å²) in [4.78, 5) is 0. The Bertz CT molecular complexity index is 907. The highest BCUT2D eigenvalue weighted by Gasteiger charge is 2.58. The quantitative estimate of drug-likeness (QED) is 0.610. The second kappa shape index (κ2) is 8.04. The van der Waals surface area contributed by atoms with Crippen LogP contribution >= 0.6 is 0 Å². The maximum absolute atomic E-state index is 10.7. The number of aliphatic hydroxyl groups is 4. The number of hydrogen-bond donors (Lipinski definition) is 4. The van der Waals surface area contributed by atoms with Crippen molar-refractivity contribution in [3.05, 3.63) is 69.8 Å². The SMILES string of the molecule is Cc1cc2c(cc1Cc1ccc(C(C)C)cc1)[C@]1(OC2)O[C@H](CO)[C@@H](O)[C@H](O)[C@H]1O. The summed E-state index contributed by atoms with van der Waals surface area (Å²) in [7, 11) is 0. The number of ether oxygens (including phenoxy) is 2. The van der Waals surface area contributed by atoms with E-state index in [0.717, 1.165) is 16.7 Å². The van der Waals surface area contributed by atoms with Crippen LogP contribution in [-0.2, 0) is 28.3 Å². The zero-order valence-electron chi connectivity index (χ0n) is 17.6. The normalized spacial score (nSPS) is 30.8. The second-order valence-electron chi connectivity index (χ2n) is 8.73. The van der Waals surface area contributed by atoms with Gasteiger partial charge in [-0.1, -0.05) is 44.2 Å². The van der Waals surface area contributed by atoms with Gasteiger partial charge in [-0.25, -0.2) is 0 Å². The predicted molar refractivity (Wildman–Crippen MR) is 111 cm³/mol. The first-order valence-corrected chi connectivity index (χ1v) is 10.5. The van der Waals surface area contributed by atoms with E-state index in [9.17, 15) is 20.4 Å². The molecule has 2 aliphatic rings. The van der Waals surface area contributed by atoms with Crippen LogP contribution in [0.4, 0.5) is 0 Å². The van der Waals surface area contributed by atoms with Gasteiger partial charge >= 0.3 is 0 Å². The minimum Gasteiger partial charge on any atom is -0.394 e. The minimum absolute atomic E-state index is 0.220. The highest BCUT2D eigenvalue weighted by atomic mass is 16.7. The van der Waals surface area contributed by atoms with Crippen molar-refractivity contribution >= 4 is 0 Å². The largest absolute Gasteiger partial charge is 0.394 e. The maximum atomic E-state index is 10.7. The summed E-state index contributed by atoms with van der Waals surface area (Å²) >= 11 is 0. The van der Waals surface area contributed by atoms with Crippen LogP contribution in [-0.4, -0.2) is 51.4 Å². The topological polar surface area (TPSA) is 99.4 Å². The van der Waals surface area contributed by atoms with E-state index in [1.54, 1.807) is 0 Å². The number of hydrogen-bond acceptors (Lipinski definition) is 6. The summed E-state index contributed by atoms with van der Waals surface area (Å²) in [6.45, 7) is 6.10. The van der Waals surface area contributed by atoms with E-state index in [4.69, 9.17) is 9.47 Å². The molecule has 0 aromatic heterocycles. The lowest BCUT2D eigenvalue weighted by molar-refractivity contribution is -0.368. The Morgan fingerprint density at radius 3 is 2.40 bits per heavy atom. The molecule has 5 atom stereocenters. The fraction of sp³-hybridized carbons (Fsp3) is 0.500. The average Bonchev–Trinajstić information content (AvgIpc) is 3.08. The highest BCUT2D eigenvalue weighted by molar-refractivity contribution is 5.45. The van der Waals surface area contributed by atoms with E-state index >= 15 is 0 Å². The lowest BCUT2D eigenvalue weighted by Crippen LogP contribution is -2.63. The monoisotopic (exact) mass is 414 g/mol. The molecular weight excluding hydrogens is 384 g/mol. The van der Waals surface area contributed by atoms with Gasteiger partial charge in [0.2, 0.25) is 5.79 Å². The molecule has 4 N–H and O–H groups in total. The predicted octanol–water partition coefficient (Wildman–Crippen LogP) is 1.87. The van der Waals surface area contributed by atoms with Crippen LogP contribution in [0.5, 0.6) is 0 Å². The van der Waals surface area contributed by atoms with Gasteiger partial charge in [-0.05, 0) is 53.1 Å². The molecule has 30 heavy (non-hydrogen) atoms. The van der Waals surface area contributed by atoms with Gasteiger partial charge in [0, 0.05) is 5.56 Å². The molecule has 0 radical (unpaired) electrons. The van der Waals surface area contributed by atoms with Crippen molar-refractivity contribution in [3.8, 4) is 0 Å². The Morgan fingerprint density at radius 1 is 1.07 bits per heavy atom. The van der Waals surface area contributed by atoms with E-state index in [1.807, 2.05) is 19.1 Å². The lowest BCUT2D eigenvalue weighted by atomic mass is 9.85. The van der Waals surface area contributed by atoms with Crippen LogP contribution in [0.2, 0.25) is 0 Å². The van der Waals surface area contributed by atoms with Gasteiger partial charge in [0.1, 0.15) is 24.4 Å². The van der Waals surface area contributed by atoms with Gasteiger partial charge in [-0.2, -0.15) is 0 Å². The molecule has 2 aromatic rings. The summed E-state index contributed by atoms with van der Waals surface area (Å²) in [5, 5.41) is 40.8. The third kappa shape index (κ3) is 3.47. The third-order valence-corrected chi connectivity index (χ3v) is 6.37. The Hall–Kier alpha value is -1.80. The van der Waals surface area contributed by atoms with Crippen molar-refractivity contribution in [3.63, 3.8) is 0 Å². The average molecular weight is 414 g/mol. The van der Waals surface area contributed by atoms with Crippen molar-refractivity contribution in [2.45, 2.75) is 69.9 Å². The van der Waals surface area contributed by atoms with Crippen molar-refractivity contribution in [2.24, 2.45) is 0 Å². The first-order chi connectivity index (χ1) is 14.3. The number of fused-ring (bicyclic) bond motifs is 2. The molecule has 162 valence electrons. The minimum atomic E-state index is -1.61. The Balaban J connectivity index is 1.69. The fourth-order valence-corrected chi connectivity index (χ4v) is 4.43. The number of aliphatic hydroxyl groups excluding tert-OH is 4. The third-order valence-electron chi connectivity index (χ3n) is 6.37. The first kappa shape index (κ1) is 21.4. The van der Waals surface area contributed by atoms with Crippen molar-refractivity contribution in [1.82, 2.24) is 0 Å². The highest BCUT2D eigenvalue weighted by Crippen LogP contribution is 2.46. The van der Waals surface area contributed by atoms with Crippen LogP contribution < -0.4 is 0 Å². The van der Waals surface area contributed by atoms with Crippen molar-refractivity contribution in [2.75, 3.05) is 6.61 Å². The van der Waals surface area contributed by atoms with Crippen LogP contribution in [0.25, 0.3) is 0 Å². The van der Waals surface area contributed by atoms with Crippen LogP contribution in [0.3, 0.4) is 0 Å². The molecule has 6 nitrogen and oxygen atoms in total. The first-order valence-electron chi connectivity index (χ1n) is 10.5. The molecule has 2 aromatic carbocycles. The number of benzene rings is 2. The van der Waals surface area contributed by atoms with E-state index < -0.39 is 36.8 Å². The number of rotatable bonds is 4. The van der Waals surface area contributed by atoms with Crippen molar-refractivity contribution < 1.29 is 29.9 Å². The molecule has 1 spiro atoms. The molecule has 0 bridgehead atoms. The van der Waals surface area contributed by atoms with Gasteiger partial charge in [-0.3, -0.25) is 0 Å². The summed E-state index contributed by atoms with van der Waals surface area (Å²) in [5.74, 6) is -1.13. The summed E-state index contributed by atoms with van der Waals surface area (Å²) in [6, 6.07) is 12.5. The molecule has 0 aliphatic carbocycles. The molecule has 0 unspecified atom stereocenters. The smallest absolute Gasteiger partial charge is 0.225 e. The molecule has 0 saturated carbocycles. The fourth-order valence-electron chi connectivity index (χ4n) is 4.43. The molecule has 2 heterocycles. The van der Waals surface area contributed by atoms with Gasteiger partial charge in [0.05, 0.1) is 13.2 Å². The zero-order chi connectivity index (χ0) is 21.6. The van der Waals surface area contributed by atoms with E-state index in [-0.39, 0.29) is 6.61 Å². The maximum Gasteiger partial charge on any atom is 0.225 e. The summed E-state index contributed by atoms with van der Waals surface area (Å²) in [6.07, 6.45) is -4.71. The molecule has 1 saturated heterocycles. The number of aryl methyl sites for hydroxylation is 1.